The third-order valence-corrected chi connectivity index (χ3v) is 5.32. The summed E-state index contributed by atoms with van der Waals surface area (Å²) in [5.74, 6) is -2.70. The molecule has 0 bridgehead atoms. The van der Waals surface area contributed by atoms with E-state index in [4.69, 9.17) is 0 Å². The molecule has 1 aliphatic heterocycles. The second kappa shape index (κ2) is 6.76. The van der Waals surface area contributed by atoms with E-state index in [1.54, 1.807) is 11.1 Å². The summed E-state index contributed by atoms with van der Waals surface area (Å²) in [5.41, 5.74) is 1.04. The third kappa shape index (κ3) is 3.59. The van der Waals surface area contributed by atoms with Gasteiger partial charge in [-0.25, -0.2) is 0 Å². The molecule has 1 saturated carbocycles. The van der Waals surface area contributed by atoms with Gasteiger partial charge in [-0.15, -0.1) is 0 Å². The van der Waals surface area contributed by atoms with Gasteiger partial charge in [0.2, 0.25) is 5.91 Å². The zero-order valence-electron chi connectivity index (χ0n) is 13.9. The van der Waals surface area contributed by atoms with Gasteiger partial charge in [-0.3, -0.25) is 9.48 Å². The summed E-state index contributed by atoms with van der Waals surface area (Å²) < 4.78 is 41.7. The molecular formula is C17H24F3N3O. The van der Waals surface area contributed by atoms with Crippen molar-refractivity contribution in [3.8, 4) is 0 Å². The van der Waals surface area contributed by atoms with Gasteiger partial charge in [0.05, 0.1) is 18.2 Å². The van der Waals surface area contributed by atoms with Crippen molar-refractivity contribution in [3.63, 3.8) is 0 Å². The van der Waals surface area contributed by atoms with E-state index in [0.29, 0.717) is 32.4 Å². The normalized spacial score (nSPS) is 28.8. The lowest BCUT2D eigenvalue weighted by molar-refractivity contribution is -0.201. The standard InChI is InChI=1S/C17H24F3N3O/c1-12-9-21-23(10-12)13-5-4-8-22(11-13)16(24)14-6-2-3-7-15(14)17(18,19)20/h9-10,13-15H,2-8,11H2,1H3. The third-order valence-electron chi connectivity index (χ3n) is 5.32. The molecule has 2 heterocycles. The first kappa shape index (κ1) is 17.3. The van der Waals surface area contributed by atoms with Crippen LogP contribution in [0.5, 0.6) is 0 Å². The maximum absolute atomic E-state index is 13.3. The lowest BCUT2D eigenvalue weighted by atomic mass is 9.77. The topological polar surface area (TPSA) is 38.1 Å². The molecule has 0 aromatic carbocycles. The fourth-order valence-electron chi connectivity index (χ4n) is 4.06. The van der Waals surface area contributed by atoms with Gasteiger partial charge in [-0.2, -0.15) is 18.3 Å². The fraction of sp³-hybridized carbons (Fsp3) is 0.765. The number of alkyl halides is 3. The molecule has 1 saturated heterocycles. The summed E-state index contributed by atoms with van der Waals surface area (Å²) in [5, 5.41) is 4.30. The van der Waals surface area contributed by atoms with Crippen LogP contribution in [-0.2, 0) is 4.79 Å². The van der Waals surface area contributed by atoms with E-state index in [1.807, 2.05) is 17.8 Å². The summed E-state index contributed by atoms with van der Waals surface area (Å²) in [6.45, 7) is 2.96. The van der Waals surface area contributed by atoms with Crippen molar-refractivity contribution < 1.29 is 18.0 Å². The molecule has 1 aromatic heterocycles. The number of nitrogens with zero attached hydrogens (tertiary/aromatic N) is 3. The molecule has 3 rings (SSSR count). The van der Waals surface area contributed by atoms with Crippen LogP contribution in [0.1, 0.15) is 50.1 Å². The van der Waals surface area contributed by atoms with E-state index in [0.717, 1.165) is 18.4 Å². The van der Waals surface area contributed by atoms with E-state index in [1.165, 1.54) is 0 Å². The van der Waals surface area contributed by atoms with Crippen LogP contribution < -0.4 is 0 Å². The maximum atomic E-state index is 13.3. The number of hydrogen-bond donors (Lipinski definition) is 0. The molecule has 1 aromatic rings. The number of likely N-dealkylation sites (tertiary alicyclic amines) is 1. The van der Waals surface area contributed by atoms with E-state index in [9.17, 15) is 18.0 Å². The molecule has 24 heavy (non-hydrogen) atoms. The second-order valence-electron chi connectivity index (χ2n) is 7.12. The van der Waals surface area contributed by atoms with Crippen molar-refractivity contribution >= 4 is 5.91 Å². The van der Waals surface area contributed by atoms with E-state index in [2.05, 4.69) is 5.10 Å². The number of piperidine rings is 1. The highest BCUT2D eigenvalue weighted by molar-refractivity contribution is 5.79. The Balaban J connectivity index is 1.71. The number of rotatable bonds is 2. The minimum atomic E-state index is -4.28. The first-order chi connectivity index (χ1) is 11.4. The number of aromatic nitrogens is 2. The summed E-state index contributed by atoms with van der Waals surface area (Å²) in [7, 11) is 0. The fourth-order valence-corrected chi connectivity index (χ4v) is 4.06. The Kier molecular flexibility index (Phi) is 4.88. The number of hydrogen-bond acceptors (Lipinski definition) is 2. The van der Waals surface area contributed by atoms with Gasteiger partial charge in [0.1, 0.15) is 0 Å². The van der Waals surface area contributed by atoms with Crippen molar-refractivity contribution in [1.29, 1.82) is 0 Å². The molecule has 4 nitrogen and oxygen atoms in total. The summed E-state index contributed by atoms with van der Waals surface area (Å²) in [4.78, 5) is 14.4. The average molecular weight is 343 g/mol. The molecule has 2 fully saturated rings. The molecule has 1 amide bonds. The van der Waals surface area contributed by atoms with Gasteiger partial charge in [-0.1, -0.05) is 12.8 Å². The van der Waals surface area contributed by atoms with Crippen LogP contribution in [0.2, 0.25) is 0 Å². The Morgan fingerprint density at radius 1 is 1.21 bits per heavy atom. The Labute approximate surface area is 140 Å². The zero-order chi connectivity index (χ0) is 17.3. The summed E-state index contributed by atoms with van der Waals surface area (Å²) >= 11 is 0. The van der Waals surface area contributed by atoms with Crippen LogP contribution in [0.15, 0.2) is 12.4 Å². The van der Waals surface area contributed by atoms with Crippen LogP contribution in [0.4, 0.5) is 13.2 Å². The van der Waals surface area contributed by atoms with Gasteiger partial charge in [-0.05, 0) is 38.2 Å². The van der Waals surface area contributed by atoms with Crippen molar-refractivity contribution in [2.75, 3.05) is 13.1 Å². The molecule has 3 atom stereocenters. The molecule has 0 spiro atoms. The van der Waals surface area contributed by atoms with Gasteiger partial charge in [0.25, 0.3) is 0 Å². The molecular weight excluding hydrogens is 319 g/mol. The Hall–Kier alpha value is -1.53. The average Bonchev–Trinajstić information content (AvgIpc) is 3.00. The molecule has 7 heteroatoms. The van der Waals surface area contributed by atoms with Gasteiger partial charge in [0.15, 0.2) is 0 Å². The first-order valence-corrected chi connectivity index (χ1v) is 8.72. The van der Waals surface area contributed by atoms with Gasteiger partial charge < -0.3 is 4.90 Å². The Bertz CT molecular complexity index is 584. The molecule has 2 aliphatic rings. The minimum Gasteiger partial charge on any atom is -0.340 e. The summed E-state index contributed by atoms with van der Waals surface area (Å²) in [6.07, 6.45) is 2.81. The van der Waals surface area contributed by atoms with Crippen molar-refractivity contribution in [2.24, 2.45) is 11.8 Å². The highest BCUT2D eigenvalue weighted by Crippen LogP contribution is 2.42. The predicted molar refractivity (Wildman–Crippen MR) is 83.3 cm³/mol. The highest BCUT2D eigenvalue weighted by atomic mass is 19.4. The number of amides is 1. The van der Waals surface area contributed by atoms with Crippen LogP contribution in [0.25, 0.3) is 0 Å². The van der Waals surface area contributed by atoms with Crippen LogP contribution >= 0.6 is 0 Å². The highest BCUT2D eigenvalue weighted by Gasteiger charge is 2.49. The quantitative estimate of drug-likeness (QED) is 0.821. The monoisotopic (exact) mass is 343 g/mol. The van der Waals surface area contributed by atoms with E-state index in [-0.39, 0.29) is 18.4 Å². The molecule has 3 unspecified atom stereocenters. The first-order valence-electron chi connectivity index (χ1n) is 8.72. The number of halogens is 3. The zero-order valence-corrected chi connectivity index (χ0v) is 13.9. The van der Waals surface area contributed by atoms with Crippen molar-refractivity contribution in [1.82, 2.24) is 14.7 Å². The Morgan fingerprint density at radius 3 is 2.62 bits per heavy atom. The molecule has 0 N–H and O–H groups in total. The number of carbonyl (C=O) groups is 1. The van der Waals surface area contributed by atoms with E-state index >= 15 is 0 Å². The van der Waals surface area contributed by atoms with Crippen LogP contribution in [0, 0.1) is 18.8 Å². The Morgan fingerprint density at radius 2 is 1.96 bits per heavy atom. The second-order valence-corrected chi connectivity index (χ2v) is 7.12. The predicted octanol–water partition coefficient (Wildman–Crippen LogP) is 3.72. The van der Waals surface area contributed by atoms with Crippen LogP contribution in [-0.4, -0.2) is 39.9 Å². The van der Waals surface area contributed by atoms with Gasteiger partial charge in [0, 0.05) is 25.2 Å². The summed E-state index contributed by atoms with van der Waals surface area (Å²) in [6, 6.07) is 0.0596. The lowest BCUT2D eigenvalue weighted by Gasteiger charge is -2.39. The largest absolute Gasteiger partial charge is 0.392 e. The molecule has 0 radical (unpaired) electrons. The lowest BCUT2D eigenvalue weighted by Crippen LogP contribution is -2.48. The SMILES string of the molecule is Cc1cnn(C2CCCN(C(=O)C3CCCCC3C(F)(F)F)C2)c1. The number of carbonyl (C=O) groups excluding carboxylic acids is 1. The van der Waals surface area contributed by atoms with E-state index < -0.39 is 18.0 Å². The number of aryl methyl sites for hydroxylation is 1. The molecule has 134 valence electrons. The maximum Gasteiger partial charge on any atom is 0.392 e. The van der Waals surface area contributed by atoms with Crippen molar-refractivity contribution in [2.45, 2.75) is 57.7 Å². The minimum absolute atomic E-state index is 0.0596. The van der Waals surface area contributed by atoms with Gasteiger partial charge >= 0.3 is 6.18 Å². The smallest absolute Gasteiger partial charge is 0.340 e. The van der Waals surface area contributed by atoms with Crippen LogP contribution in [0.3, 0.4) is 0 Å². The van der Waals surface area contributed by atoms with Crippen molar-refractivity contribution in [3.05, 3.63) is 18.0 Å². The molecule has 1 aliphatic carbocycles.